The SMILES string of the molecule is [B]1CCN=C=NC1. The summed E-state index contributed by atoms with van der Waals surface area (Å²) < 4.78 is 0. The normalized spacial score (nSPS) is 18.3. The summed E-state index contributed by atoms with van der Waals surface area (Å²) in [5, 5.41) is 0. The summed E-state index contributed by atoms with van der Waals surface area (Å²) in [5.74, 6) is 0. The molecule has 0 unspecified atom stereocenters. The lowest BCUT2D eigenvalue weighted by Crippen LogP contribution is -1.93. The molecular weight excluding hydrogens is 86.9 g/mol. The molecule has 0 fully saturated rings. The molecule has 1 heterocycles. The molecule has 1 radical (unpaired) electrons. The predicted octanol–water partition coefficient (Wildman–Crippen LogP) is 0.254. The van der Waals surface area contributed by atoms with Crippen molar-refractivity contribution in [3.63, 3.8) is 0 Å². The molecule has 0 aromatic rings. The maximum Gasteiger partial charge on any atom is 0.142 e. The van der Waals surface area contributed by atoms with E-state index in [-0.39, 0.29) is 0 Å². The maximum atomic E-state index is 3.82. The fourth-order valence-corrected chi connectivity index (χ4v) is 0.452. The van der Waals surface area contributed by atoms with Crippen LogP contribution in [0, 0.1) is 0 Å². The quantitative estimate of drug-likeness (QED) is 0.383. The molecule has 1 aliphatic heterocycles. The fourth-order valence-electron chi connectivity index (χ4n) is 0.452. The van der Waals surface area contributed by atoms with Crippen molar-refractivity contribution in [3.05, 3.63) is 0 Å². The Hall–Kier alpha value is -0.555. The molecule has 0 saturated carbocycles. The number of rotatable bonds is 0. The minimum absolute atomic E-state index is 0.795. The molecule has 3 heteroatoms. The van der Waals surface area contributed by atoms with Gasteiger partial charge in [0.25, 0.3) is 0 Å². The van der Waals surface area contributed by atoms with Gasteiger partial charge in [-0.05, 0) is 0 Å². The Balaban J connectivity index is 2.40. The van der Waals surface area contributed by atoms with Crippen molar-refractivity contribution < 1.29 is 0 Å². The van der Waals surface area contributed by atoms with Crippen LogP contribution in [0.3, 0.4) is 0 Å². The van der Waals surface area contributed by atoms with Gasteiger partial charge in [-0.15, -0.1) is 0 Å². The van der Waals surface area contributed by atoms with Crippen LogP contribution in [-0.4, -0.2) is 26.3 Å². The van der Waals surface area contributed by atoms with Crippen molar-refractivity contribution in [1.29, 1.82) is 0 Å². The van der Waals surface area contributed by atoms with Crippen molar-refractivity contribution in [2.45, 2.75) is 6.32 Å². The minimum atomic E-state index is 0.795. The molecule has 35 valence electrons. The van der Waals surface area contributed by atoms with Crippen LogP contribution in [0.2, 0.25) is 6.32 Å². The van der Waals surface area contributed by atoms with Crippen molar-refractivity contribution >= 4 is 13.3 Å². The predicted molar refractivity (Wildman–Crippen MR) is 30.2 cm³/mol. The van der Waals surface area contributed by atoms with E-state index >= 15 is 0 Å². The third-order valence-corrected chi connectivity index (χ3v) is 0.807. The van der Waals surface area contributed by atoms with Crippen LogP contribution < -0.4 is 0 Å². The van der Waals surface area contributed by atoms with Gasteiger partial charge in [0.1, 0.15) is 7.28 Å². The Bertz CT molecular complexity index is 94.3. The molecule has 1 rings (SSSR count). The smallest absolute Gasteiger partial charge is 0.142 e. The highest BCUT2D eigenvalue weighted by Gasteiger charge is 1.88. The highest BCUT2D eigenvalue weighted by atomic mass is 14.8. The van der Waals surface area contributed by atoms with Gasteiger partial charge in [0.05, 0.1) is 6.01 Å². The lowest BCUT2D eigenvalue weighted by atomic mass is 9.75. The number of nitrogens with zero attached hydrogens (tertiary/aromatic N) is 2. The molecule has 0 aliphatic carbocycles. The zero-order valence-electron chi connectivity index (χ0n) is 4.09. The molecule has 0 spiro atoms. The first-order valence-electron chi connectivity index (χ1n) is 2.40. The van der Waals surface area contributed by atoms with E-state index in [1.807, 2.05) is 0 Å². The Kier molecular flexibility index (Phi) is 1.70. The van der Waals surface area contributed by atoms with Crippen molar-refractivity contribution in [3.8, 4) is 0 Å². The van der Waals surface area contributed by atoms with Crippen LogP contribution in [-0.2, 0) is 0 Å². The van der Waals surface area contributed by atoms with E-state index in [0.717, 1.165) is 19.3 Å². The topological polar surface area (TPSA) is 24.7 Å². The van der Waals surface area contributed by atoms with Gasteiger partial charge >= 0.3 is 0 Å². The number of aliphatic imine (C=N–C) groups is 2. The van der Waals surface area contributed by atoms with Crippen LogP contribution in [0.25, 0.3) is 0 Å². The van der Waals surface area contributed by atoms with E-state index < -0.39 is 0 Å². The molecule has 0 aromatic heterocycles. The average Bonchev–Trinajstić information content (AvgIpc) is 1.90. The molecule has 7 heavy (non-hydrogen) atoms. The second-order valence-electron chi connectivity index (χ2n) is 1.40. The van der Waals surface area contributed by atoms with E-state index in [1.54, 1.807) is 0 Å². The number of hydrogen-bond acceptors (Lipinski definition) is 2. The second kappa shape index (κ2) is 2.59. The molecular formula is C4H6BN2. The monoisotopic (exact) mass is 93.1 g/mol. The third kappa shape index (κ3) is 1.56. The standard InChI is InChI=1S/C4H6BN2/c1-2-6-4-7-3-5-1/h1-3H2. The average molecular weight is 92.9 g/mol. The molecule has 0 aromatic carbocycles. The first kappa shape index (κ1) is 4.60. The minimum Gasteiger partial charge on any atom is -0.235 e. The highest BCUT2D eigenvalue weighted by molar-refractivity contribution is 6.36. The van der Waals surface area contributed by atoms with Crippen LogP contribution in [0.5, 0.6) is 0 Å². The summed E-state index contributed by atoms with van der Waals surface area (Å²) in [4.78, 5) is 7.62. The Morgan fingerprint density at radius 2 is 2.43 bits per heavy atom. The summed E-state index contributed by atoms with van der Waals surface area (Å²) in [7, 11) is 2.10. The van der Waals surface area contributed by atoms with Gasteiger partial charge in [-0.2, -0.15) is 0 Å². The van der Waals surface area contributed by atoms with Crippen LogP contribution in [0.1, 0.15) is 0 Å². The van der Waals surface area contributed by atoms with E-state index in [1.165, 1.54) is 0 Å². The largest absolute Gasteiger partial charge is 0.235 e. The van der Waals surface area contributed by atoms with Gasteiger partial charge in [0.15, 0.2) is 0 Å². The molecule has 0 atom stereocenters. The third-order valence-electron chi connectivity index (χ3n) is 0.807. The molecule has 0 amide bonds. The van der Waals surface area contributed by atoms with E-state index in [0.29, 0.717) is 0 Å². The van der Waals surface area contributed by atoms with E-state index in [4.69, 9.17) is 0 Å². The summed E-state index contributed by atoms with van der Waals surface area (Å²) >= 11 is 0. The van der Waals surface area contributed by atoms with Crippen molar-refractivity contribution in [1.82, 2.24) is 0 Å². The molecule has 0 N–H and O–H groups in total. The van der Waals surface area contributed by atoms with E-state index in [2.05, 4.69) is 23.3 Å². The van der Waals surface area contributed by atoms with Gasteiger partial charge in [-0.25, -0.2) is 9.98 Å². The van der Waals surface area contributed by atoms with Crippen LogP contribution in [0.4, 0.5) is 0 Å². The summed E-state index contributed by atoms with van der Waals surface area (Å²) in [6.45, 7) is 0.865. The fraction of sp³-hybridized carbons (Fsp3) is 0.750. The van der Waals surface area contributed by atoms with Crippen molar-refractivity contribution in [2.24, 2.45) is 9.98 Å². The maximum absolute atomic E-state index is 3.82. The zero-order chi connectivity index (χ0) is 4.95. The second-order valence-corrected chi connectivity index (χ2v) is 1.40. The first-order valence-corrected chi connectivity index (χ1v) is 2.40. The molecule has 0 saturated heterocycles. The van der Waals surface area contributed by atoms with Gasteiger partial charge in [0.2, 0.25) is 0 Å². The summed E-state index contributed by atoms with van der Waals surface area (Å²) in [5.41, 5.74) is 0. The van der Waals surface area contributed by atoms with Crippen LogP contribution in [0.15, 0.2) is 9.98 Å². The van der Waals surface area contributed by atoms with Gasteiger partial charge in [-0.1, -0.05) is 6.32 Å². The Labute approximate surface area is 43.6 Å². The lowest BCUT2D eigenvalue weighted by molar-refractivity contribution is 1.13. The highest BCUT2D eigenvalue weighted by Crippen LogP contribution is 1.82. The van der Waals surface area contributed by atoms with E-state index in [9.17, 15) is 0 Å². The van der Waals surface area contributed by atoms with Crippen molar-refractivity contribution in [2.75, 3.05) is 13.0 Å². The van der Waals surface area contributed by atoms with Gasteiger partial charge in [-0.3, -0.25) is 0 Å². The lowest BCUT2D eigenvalue weighted by Gasteiger charge is -1.80. The summed E-state index contributed by atoms with van der Waals surface area (Å²) in [6.07, 6.45) is 1.85. The summed E-state index contributed by atoms with van der Waals surface area (Å²) in [6, 6.07) is 2.57. The van der Waals surface area contributed by atoms with Gasteiger partial charge in [0, 0.05) is 13.0 Å². The Morgan fingerprint density at radius 3 is 3.43 bits per heavy atom. The Morgan fingerprint density at radius 1 is 1.43 bits per heavy atom. The molecule has 1 aliphatic rings. The van der Waals surface area contributed by atoms with Crippen LogP contribution >= 0.6 is 0 Å². The number of hydrogen-bond donors (Lipinski definition) is 0. The molecule has 2 nitrogen and oxygen atoms in total. The van der Waals surface area contributed by atoms with Gasteiger partial charge < -0.3 is 0 Å². The first-order chi connectivity index (χ1) is 3.50. The zero-order valence-corrected chi connectivity index (χ0v) is 4.09. The molecule has 0 bridgehead atoms.